The maximum atomic E-state index is 11.4. The molecule has 0 atom stereocenters. The zero-order valence-electron chi connectivity index (χ0n) is 8.32. The molecule has 1 amide bonds. The van der Waals surface area contributed by atoms with E-state index >= 15 is 0 Å². The van der Waals surface area contributed by atoms with Crippen LogP contribution in [0.5, 0.6) is 17.2 Å². The second-order valence-corrected chi connectivity index (χ2v) is 3.11. The minimum Gasteiger partial charge on any atom is -0.508 e. The van der Waals surface area contributed by atoms with Crippen LogP contribution in [0.4, 0.5) is 0 Å². The fourth-order valence-corrected chi connectivity index (χ4v) is 1.16. The first-order valence-electron chi connectivity index (χ1n) is 4.59. The molecule has 5 nitrogen and oxygen atoms in total. The van der Waals surface area contributed by atoms with Crippen LogP contribution in [-0.2, 0) is 0 Å². The predicted octanol–water partition coefficient (Wildman–Crippen LogP) is 0.943. The van der Waals surface area contributed by atoms with Gasteiger partial charge in [0.2, 0.25) is 0 Å². The van der Waals surface area contributed by atoms with E-state index in [1.165, 1.54) is 0 Å². The van der Waals surface area contributed by atoms with Gasteiger partial charge in [-0.05, 0) is 6.42 Å². The molecule has 1 aromatic carbocycles. The van der Waals surface area contributed by atoms with Gasteiger partial charge in [-0.15, -0.1) is 0 Å². The standard InChI is InChI=1S/C10H13NO4/c1-2-3-11-10(15)9-7(13)4-6(12)5-8(9)14/h4-5,12-14H,2-3H2,1H3,(H,11,15). The summed E-state index contributed by atoms with van der Waals surface area (Å²) in [6.07, 6.45) is 0.755. The number of amides is 1. The molecule has 0 aliphatic rings. The zero-order valence-corrected chi connectivity index (χ0v) is 8.32. The number of phenols is 3. The molecule has 0 saturated carbocycles. The van der Waals surface area contributed by atoms with Gasteiger partial charge >= 0.3 is 0 Å². The summed E-state index contributed by atoms with van der Waals surface area (Å²) in [5.41, 5.74) is -0.221. The highest BCUT2D eigenvalue weighted by molar-refractivity contribution is 5.99. The van der Waals surface area contributed by atoms with Crippen molar-refractivity contribution in [2.24, 2.45) is 0 Å². The van der Waals surface area contributed by atoms with E-state index in [1.807, 2.05) is 6.92 Å². The molecule has 15 heavy (non-hydrogen) atoms. The average molecular weight is 211 g/mol. The minimum absolute atomic E-state index is 0.221. The van der Waals surface area contributed by atoms with E-state index in [0.29, 0.717) is 6.54 Å². The molecule has 0 saturated heterocycles. The van der Waals surface area contributed by atoms with Crippen molar-refractivity contribution in [1.82, 2.24) is 5.32 Å². The number of phenolic OH excluding ortho intramolecular Hbond substituents is 3. The SMILES string of the molecule is CCCNC(=O)c1c(O)cc(O)cc1O. The summed E-state index contributed by atoms with van der Waals surface area (Å²) in [4.78, 5) is 11.4. The van der Waals surface area contributed by atoms with Gasteiger partial charge in [0.05, 0.1) is 0 Å². The van der Waals surface area contributed by atoms with E-state index in [0.717, 1.165) is 18.6 Å². The molecule has 0 aromatic heterocycles. The van der Waals surface area contributed by atoms with E-state index in [2.05, 4.69) is 5.32 Å². The Hall–Kier alpha value is -1.91. The van der Waals surface area contributed by atoms with E-state index in [-0.39, 0.29) is 11.3 Å². The Morgan fingerprint density at radius 3 is 2.27 bits per heavy atom. The van der Waals surface area contributed by atoms with E-state index in [9.17, 15) is 15.0 Å². The van der Waals surface area contributed by atoms with Crippen molar-refractivity contribution >= 4 is 5.91 Å². The number of aromatic hydroxyl groups is 3. The van der Waals surface area contributed by atoms with Gasteiger partial charge in [0.1, 0.15) is 22.8 Å². The third kappa shape index (κ3) is 2.52. The number of nitrogens with one attached hydrogen (secondary N) is 1. The Balaban J connectivity index is 2.98. The quantitative estimate of drug-likeness (QED) is 0.599. The summed E-state index contributed by atoms with van der Waals surface area (Å²) in [6.45, 7) is 2.34. The van der Waals surface area contributed by atoms with Gasteiger partial charge in [0.15, 0.2) is 0 Å². The monoisotopic (exact) mass is 211 g/mol. The predicted molar refractivity (Wildman–Crippen MR) is 54.1 cm³/mol. The molecule has 0 bridgehead atoms. The number of carbonyl (C=O) groups excluding carboxylic acids is 1. The first-order chi connectivity index (χ1) is 7.06. The molecule has 0 unspecified atom stereocenters. The number of benzene rings is 1. The molecule has 0 aliphatic heterocycles. The van der Waals surface area contributed by atoms with Crippen LogP contribution < -0.4 is 5.32 Å². The highest BCUT2D eigenvalue weighted by atomic mass is 16.3. The lowest BCUT2D eigenvalue weighted by Gasteiger charge is -2.08. The van der Waals surface area contributed by atoms with Gasteiger partial charge in [-0.25, -0.2) is 0 Å². The van der Waals surface area contributed by atoms with Gasteiger partial charge in [-0.3, -0.25) is 4.79 Å². The Morgan fingerprint density at radius 2 is 1.80 bits per heavy atom. The molecule has 0 aliphatic carbocycles. The van der Waals surface area contributed by atoms with E-state index in [4.69, 9.17) is 5.11 Å². The van der Waals surface area contributed by atoms with Crippen LogP contribution in [-0.4, -0.2) is 27.8 Å². The fraction of sp³-hybridized carbons (Fsp3) is 0.300. The minimum atomic E-state index is -0.563. The molecule has 1 rings (SSSR count). The zero-order chi connectivity index (χ0) is 11.4. The van der Waals surface area contributed by atoms with Crippen molar-refractivity contribution in [2.75, 3.05) is 6.54 Å². The first-order valence-corrected chi connectivity index (χ1v) is 4.59. The summed E-state index contributed by atoms with van der Waals surface area (Å²) in [6, 6.07) is 2.00. The molecule has 4 N–H and O–H groups in total. The van der Waals surface area contributed by atoms with Crippen LogP contribution in [0.3, 0.4) is 0 Å². The third-order valence-electron chi connectivity index (χ3n) is 1.84. The second kappa shape index (κ2) is 4.54. The van der Waals surface area contributed by atoms with Crippen LogP contribution in [0.25, 0.3) is 0 Å². The summed E-state index contributed by atoms with van der Waals surface area (Å²) in [7, 11) is 0. The number of carbonyl (C=O) groups is 1. The number of hydrogen-bond donors (Lipinski definition) is 4. The van der Waals surface area contributed by atoms with E-state index in [1.54, 1.807) is 0 Å². The van der Waals surface area contributed by atoms with Crippen molar-refractivity contribution in [1.29, 1.82) is 0 Å². The summed E-state index contributed by atoms with van der Waals surface area (Å²) >= 11 is 0. The maximum Gasteiger partial charge on any atom is 0.258 e. The molecular weight excluding hydrogens is 198 g/mol. The number of rotatable bonds is 3. The summed E-state index contributed by atoms with van der Waals surface area (Å²) < 4.78 is 0. The highest BCUT2D eigenvalue weighted by Crippen LogP contribution is 2.31. The van der Waals surface area contributed by atoms with Crippen molar-refractivity contribution in [2.45, 2.75) is 13.3 Å². The van der Waals surface area contributed by atoms with Crippen LogP contribution in [0.2, 0.25) is 0 Å². The average Bonchev–Trinajstić information content (AvgIpc) is 2.12. The molecule has 0 spiro atoms. The van der Waals surface area contributed by atoms with Crippen LogP contribution in [0.15, 0.2) is 12.1 Å². The Kier molecular flexibility index (Phi) is 3.38. The lowest BCUT2D eigenvalue weighted by atomic mass is 10.1. The maximum absolute atomic E-state index is 11.4. The van der Waals surface area contributed by atoms with Gasteiger partial charge in [0, 0.05) is 18.7 Å². The fourth-order valence-electron chi connectivity index (χ4n) is 1.16. The topological polar surface area (TPSA) is 89.8 Å². The summed E-state index contributed by atoms with van der Waals surface area (Å²) in [5.74, 6) is -1.74. The van der Waals surface area contributed by atoms with Crippen molar-refractivity contribution in [3.05, 3.63) is 17.7 Å². The second-order valence-electron chi connectivity index (χ2n) is 3.11. The van der Waals surface area contributed by atoms with Crippen molar-refractivity contribution < 1.29 is 20.1 Å². The number of hydrogen-bond acceptors (Lipinski definition) is 4. The van der Waals surface area contributed by atoms with Gasteiger partial charge in [0.25, 0.3) is 5.91 Å². The van der Waals surface area contributed by atoms with Crippen LogP contribution >= 0.6 is 0 Å². The molecule has 1 aromatic rings. The lowest BCUT2D eigenvalue weighted by molar-refractivity contribution is 0.0948. The van der Waals surface area contributed by atoms with Gasteiger partial charge in [-0.1, -0.05) is 6.92 Å². The van der Waals surface area contributed by atoms with Crippen LogP contribution in [0.1, 0.15) is 23.7 Å². The first kappa shape index (κ1) is 11.2. The molecule has 0 fully saturated rings. The van der Waals surface area contributed by atoms with Crippen molar-refractivity contribution in [3.8, 4) is 17.2 Å². The van der Waals surface area contributed by atoms with Crippen molar-refractivity contribution in [3.63, 3.8) is 0 Å². The molecular formula is C10H13NO4. The Bertz CT molecular complexity index is 353. The Morgan fingerprint density at radius 1 is 1.27 bits per heavy atom. The smallest absolute Gasteiger partial charge is 0.258 e. The largest absolute Gasteiger partial charge is 0.508 e. The highest BCUT2D eigenvalue weighted by Gasteiger charge is 2.16. The van der Waals surface area contributed by atoms with E-state index < -0.39 is 17.4 Å². The van der Waals surface area contributed by atoms with Gasteiger partial charge < -0.3 is 20.6 Å². The summed E-state index contributed by atoms with van der Waals surface area (Å²) in [5, 5.41) is 30.3. The Labute approximate surface area is 87.0 Å². The van der Waals surface area contributed by atoms with Crippen LogP contribution in [0, 0.1) is 0 Å². The normalized spacial score (nSPS) is 9.93. The van der Waals surface area contributed by atoms with Gasteiger partial charge in [-0.2, -0.15) is 0 Å². The molecule has 0 radical (unpaired) electrons. The lowest BCUT2D eigenvalue weighted by Crippen LogP contribution is -2.24. The molecule has 82 valence electrons. The third-order valence-corrected chi connectivity index (χ3v) is 1.84. The molecule has 0 heterocycles. The molecule has 5 heteroatoms.